The zero-order valence-corrected chi connectivity index (χ0v) is 7.45. The van der Waals surface area contributed by atoms with Crippen molar-refractivity contribution in [3.05, 3.63) is 29.8 Å². The standard InChI is InChI=1S/C9H9F2NO2/c1-14-7-4-2-6(3-5-7)8(12-13)9(10)11/h2-5,9,13H,1H3. The maximum absolute atomic E-state index is 12.2. The number of halogens is 2. The summed E-state index contributed by atoms with van der Waals surface area (Å²) in [4.78, 5) is 0. The van der Waals surface area contributed by atoms with E-state index in [1.807, 2.05) is 0 Å². The van der Waals surface area contributed by atoms with Crippen molar-refractivity contribution in [3.8, 4) is 5.75 Å². The van der Waals surface area contributed by atoms with Crippen molar-refractivity contribution < 1.29 is 18.7 Å². The Morgan fingerprint density at radius 1 is 1.36 bits per heavy atom. The zero-order chi connectivity index (χ0) is 10.6. The summed E-state index contributed by atoms with van der Waals surface area (Å²) in [6, 6.07) is 5.84. The maximum atomic E-state index is 12.2. The fraction of sp³-hybridized carbons (Fsp3) is 0.222. The second kappa shape index (κ2) is 4.55. The summed E-state index contributed by atoms with van der Waals surface area (Å²) < 4.78 is 29.3. The molecular formula is C9H9F2NO2. The number of methoxy groups -OCH3 is 1. The van der Waals surface area contributed by atoms with Gasteiger partial charge >= 0.3 is 0 Å². The average Bonchev–Trinajstić information content (AvgIpc) is 2.19. The molecule has 0 amide bonds. The maximum Gasteiger partial charge on any atom is 0.284 e. The lowest BCUT2D eigenvalue weighted by atomic mass is 10.1. The van der Waals surface area contributed by atoms with Gasteiger partial charge in [0.1, 0.15) is 5.75 Å². The van der Waals surface area contributed by atoms with Gasteiger partial charge < -0.3 is 9.94 Å². The minimum Gasteiger partial charge on any atom is -0.497 e. The van der Waals surface area contributed by atoms with Crippen molar-refractivity contribution in [1.29, 1.82) is 0 Å². The Morgan fingerprint density at radius 3 is 2.29 bits per heavy atom. The van der Waals surface area contributed by atoms with Gasteiger partial charge in [-0.15, -0.1) is 0 Å². The van der Waals surface area contributed by atoms with E-state index in [-0.39, 0.29) is 5.56 Å². The first-order valence-corrected chi connectivity index (χ1v) is 3.83. The fourth-order valence-corrected chi connectivity index (χ4v) is 0.989. The molecule has 0 aliphatic carbocycles. The van der Waals surface area contributed by atoms with Crippen molar-refractivity contribution in [2.24, 2.45) is 5.16 Å². The van der Waals surface area contributed by atoms with Gasteiger partial charge in [0, 0.05) is 5.56 Å². The molecule has 3 nitrogen and oxygen atoms in total. The van der Waals surface area contributed by atoms with Crippen LogP contribution in [-0.2, 0) is 0 Å². The summed E-state index contributed by atoms with van der Waals surface area (Å²) >= 11 is 0. The minimum atomic E-state index is -2.80. The van der Waals surface area contributed by atoms with Crippen LogP contribution >= 0.6 is 0 Å². The highest BCUT2D eigenvalue weighted by molar-refractivity contribution is 6.02. The van der Waals surface area contributed by atoms with E-state index < -0.39 is 12.1 Å². The molecule has 0 bridgehead atoms. The molecule has 1 aromatic rings. The van der Waals surface area contributed by atoms with E-state index in [0.717, 1.165) is 0 Å². The van der Waals surface area contributed by atoms with Gasteiger partial charge in [0.25, 0.3) is 6.43 Å². The van der Waals surface area contributed by atoms with Crippen LogP contribution in [0.2, 0.25) is 0 Å². The van der Waals surface area contributed by atoms with Gasteiger partial charge in [-0.05, 0) is 24.3 Å². The van der Waals surface area contributed by atoms with Crippen molar-refractivity contribution in [2.45, 2.75) is 6.43 Å². The van der Waals surface area contributed by atoms with Gasteiger partial charge in [-0.1, -0.05) is 5.16 Å². The van der Waals surface area contributed by atoms with Crippen LogP contribution in [0, 0.1) is 0 Å². The monoisotopic (exact) mass is 201 g/mol. The van der Waals surface area contributed by atoms with Gasteiger partial charge in [0.2, 0.25) is 0 Å². The highest BCUT2D eigenvalue weighted by Crippen LogP contribution is 2.14. The first-order chi connectivity index (χ1) is 6.69. The summed E-state index contributed by atoms with van der Waals surface area (Å²) in [5.41, 5.74) is -0.476. The molecule has 0 atom stereocenters. The second-order valence-electron chi connectivity index (χ2n) is 2.51. The highest BCUT2D eigenvalue weighted by Gasteiger charge is 2.15. The molecule has 0 aliphatic heterocycles. The third-order valence-corrected chi connectivity index (χ3v) is 1.70. The van der Waals surface area contributed by atoms with Gasteiger partial charge in [-0.25, -0.2) is 8.78 Å². The predicted molar refractivity (Wildman–Crippen MR) is 47.3 cm³/mol. The number of alkyl halides is 2. The Labute approximate surface area is 79.6 Å². The Morgan fingerprint density at radius 2 is 1.93 bits per heavy atom. The van der Waals surface area contributed by atoms with E-state index >= 15 is 0 Å². The molecule has 14 heavy (non-hydrogen) atoms. The molecule has 0 saturated heterocycles. The molecule has 0 radical (unpaired) electrons. The number of nitrogens with zero attached hydrogens (tertiary/aromatic N) is 1. The Kier molecular flexibility index (Phi) is 3.39. The van der Waals surface area contributed by atoms with E-state index in [4.69, 9.17) is 9.94 Å². The number of oxime groups is 1. The lowest BCUT2D eigenvalue weighted by Gasteiger charge is -2.04. The molecule has 1 N–H and O–H groups in total. The smallest absolute Gasteiger partial charge is 0.284 e. The summed E-state index contributed by atoms with van der Waals surface area (Å²) in [6.07, 6.45) is -2.80. The summed E-state index contributed by atoms with van der Waals surface area (Å²) in [5, 5.41) is 10.9. The molecule has 0 unspecified atom stereocenters. The van der Waals surface area contributed by atoms with Gasteiger partial charge in [0.15, 0.2) is 5.71 Å². The zero-order valence-electron chi connectivity index (χ0n) is 7.45. The van der Waals surface area contributed by atoms with Gasteiger partial charge in [0.05, 0.1) is 7.11 Å². The Bertz CT molecular complexity index is 322. The summed E-state index contributed by atoms with van der Waals surface area (Å²) in [7, 11) is 1.48. The van der Waals surface area contributed by atoms with Crippen LogP contribution in [0.15, 0.2) is 29.4 Å². The van der Waals surface area contributed by atoms with E-state index in [1.165, 1.54) is 31.4 Å². The molecule has 1 rings (SSSR count). The highest BCUT2D eigenvalue weighted by atomic mass is 19.3. The number of hydrogen-bond donors (Lipinski definition) is 1. The lowest BCUT2D eigenvalue weighted by Crippen LogP contribution is -2.11. The molecule has 76 valence electrons. The van der Waals surface area contributed by atoms with Crippen LogP contribution in [-0.4, -0.2) is 24.5 Å². The van der Waals surface area contributed by atoms with Crippen LogP contribution < -0.4 is 4.74 Å². The van der Waals surface area contributed by atoms with Crippen molar-refractivity contribution in [2.75, 3.05) is 7.11 Å². The number of benzene rings is 1. The number of hydrogen-bond acceptors (Lipinski definition) is 3. The summed E-state index contributed by atoms with van der Waals surface area (Å²) in [6.45, 7) is 0. The third-order valence-electron chi connectivity index (χ3n) is 1.70. The SMILES string of the molecule is COc1ccc(C(=NO)C(F)F)cc1. The van der Waals surface area contributed by atoms with E-state index in [9.17, 15) is 8.78 Å². The first kappa shape index (κ1) is 10.4. The molecule has 0 spiro atoms. The third kappa shape index (κ3) is 2.18. The first-order valence-electron chi connectivity index (χ1n) is 3.83. The van der Waals surface area contributed by atoms with Crippen molar-refractivity contribution in [1.82, 2.24) is 0 Å². The lowest BCUT2D eigenvalue weighted by molar-refractivity contribution is 0.215. The van der Waals surface area contributed by atoms with Crippen LogP contribution in [0.3, 0.4) is 0 Å². The summed E-state index contributed by atoms with van der Waals surface area (Å²) in [5.74, 6) is 0.556. The molecule has 1 aromatic carbocycles. The van der Waals surface area contributed by atoms with E-state index in [1.54, 1.807) is 0 Å². The van der Waals surface area contributed by atoms with E-state index in [2.05, 4.69) is 5.16 Å². The van der Waals surface area contributed by atoms with Crippen molar-refractivity contribution in [3.63, 3.8) is 0 Å². The molecule has 0 saturated carbocycles. The molecular weight excluding hydrogens is 192 g/mol. The Balaban J connectivity index is 2.96. The largest absolute Gasteiger partial charge is 0.497 e. The normalized spacial score (nSPS) is 11.9. The fourth-order valence-electron chi connectivity index (χ4n) is 0.989. The van der Waals surface area contributed by atoms with Gasteiger partial charge in [-0.3, -0.25) is 0 Å². The van der Waals surface area contributed by atoms with Crippen molar-refractivity contribution >= 4 is 5.71 Å². The topological polar surface area (TPSA) is 41.8 Å². The molecule has 0 heterocycles. The van der Waals surface area contributed by atoms with E-state index in [0.29, 0.717) is 5.75 Å². The van der Waals surface area contributed by atoms with Crippen LogP contribution in [0.4, 0.5) is 8.78 Å². The quantitative estimate of drug-likeness (QED) is 0.462. The minimum absolute atomic E-state index is 0.170. The van der Waals surface area contributed by atoms with Crippen LogP contribution in [0.1, 0.15) is 5.56 Å². The average molecular weight is 201 g/mol. The van der Waals surface area contributed by atoms with Gasteiger partial charge in [-0.2, -0.15) is 0 Å². The second-order valence-corrected chi connectivity index (χ2v) is 2.51. The number of rotatable bonds is 3. The molecule has 0 aliphatic rings. The molecule has 0 fully saturated rings. The Hall–Kier alpha value is -1.65. The van der Waals surface area contributed by atoms with Crippen LogP contribution in [0.5, 0.6) is 5.75 Å². The molecule has 5 heteroatoms. The predicted octanol–water partition coefficient (Wildman–Crippen LogP) is 2.14. The van der Waals surface area contributed by atoms with Crippen LogP contribution in [0.25, 0.3) is 0 Å². The molecule has 0 aromatic heterocycles. The number of ether oxygens (including phenoxy) is 1.